The molecule has 0 aromatic rings. The maximum atomic E-state index is 11.0. The number of hydrogen-bond donors (Lipinski definition) is 0. The summed E-state index contributed by atoms with van der Waals surface area (Å²) in [6.45, 7) is 4.39. The molecule has 0 aromatic carbocycles. The van der Waals surface area contributed by atoms with E-state index in [1.807, 2.05) is 0 Å². The molecule has 1 rings (SSSR count). The molecule has 0 amide bonds. The summed E-state index contributed by atoms with van der Waals surface area (Å²) in [5, 5.41) is 0. The number of hydrogen-bond acceptors (Lipinski definition) is 3. The van der Waals surface area contributed by atoms with Crippen LogP contribution in [-0.4, -0.2) is 25.3 Å². The van der Waals surface area contributed by atoms with Gasteiger partial charge in [-0.2, -0.15) is 0 Å². The first kappa shape index (κ1) is 11.5. The van der Waals surface area contributed by atoms with Crippen molar-refractivity contribution in [1.29, 1.82) is 0 Å². The highest BCUT2D eigenvalue weighted by Gasteiger charge is 2.22. The molecule has 0 heterocycles. The van der Waals surface area contributed by atoms with Gasteiger partial charge in [0.15, 0.2) is 0 Å². The van der Waals surface area contributed by atoms with Crippen molar-refractivity contribution in [3.8, 4) is 0 Å². The standard InChI is InChI=1S/C11H20O3/c1-3-13-11(12)8-14-9(2)10-6-4-5-7-10/h9-10H,3-8H2,1-2H3/t9-/m1/s1. The van der Waals surface area contributed by atoms with Crippen LogP contribution >= 0.6 is 0 Å². The Labute approximate surface area is 85.8 Å². The average Bonchev–Trinajstić information content (AvgIpc) is 2.67. The molecule has 0 aliphatic heterocycles. The number of ether oxygens (including phenoxy) is 2. The van der Waals surface area contributed by atoms with Crippen LogP contribution in [0.4, 0.5) is 0 Å². The van der Waals surface area contributed by atoms with Gasteiger partial charge in [-0.15, -0.1) is 0 Å². The Balaban J connectivity index is 2.13. The Morgan fingerprint density at radius 3 is 2.64 bits per heavy atom. The molecule has 0 spiro atoms. The Morgan fingerprint density at radius 1 is 1.43 bits per heavy atom. The topological polar surface area (TPSA) is 35.5 Å². The van der Waals surface area contributed by atoms with Crippen LogP contribution in [0.1, 0.15) is 39.5 Å². The highest BCUT2D eigenvalue weighted by molar-refractivity contribution is 5.70. The van der Waals surface area contributed by atoms with E-state index in [-0.39, 0.29) is 18.7 Å². The van der Waals surface area contributed by atoms with Gasteiger partial charge in [-0.05, 0) is 32.6 Å². The number of carbonyl (C=O) groups excluding carboxylic acids is 1. The first-order valence-corrected chi connectivity index (χ1v) is 5.51. The molecule has 1 atom stereocenters. The van der Waals surface area contributed by atoms with Gasteiger partial charge in [0, 0.05) is 0 Å². The van der Waals surface area contributed by atoms with E-state index in [9.17, 15) is 4.79 Å². The molecule has 3 nitrogen and oxygen atoms in total. The van der Waals surface area contributed by atoms with Gasteiger partial charge in [-0.1, -0.05) is 12.8 Å². The van der Waals surface area contributed by atoms with Gasteiger partial charge in [0.05, 0.1) is 12.7 Å². The smallest absolute Gasteiger partial charge is 0.332 e. The monoisotopic (exact) mass is 200 g/mol. The van der Waals surface area contributed by atoms with Crippen molar-refractivity contribution in [2.24, 2.45) is 5.92 Å². The minimum Gasteiger partial charge on any atom is -0.464 e. The molecule has 1 aliphatic rings. The lowest BCUT2D eigenvalue weighted by molar-refractivity contribution is -0.151. The summed E-state index contributed by atoms with van der Waals surface area (Å²) in [4.78, 5) is 11.0. The molecule has 1 saturated carbocycles. The van der Waals surface area contributed by atoms with Crippen LogP contribution in [0.5, 0.6) is 0 Å². The molecule has 0 saturated heterocycles. The summed E-state index contributed by atoms with van der Waals surface area (Å²) in [5.41, 5.74) is 0. The second kappa shape index (κ2) is 6.02. The minimum atomic E-state index is -0.252. The molecule has 0 bridgehead atoms. The summed E-state index contributed by atoms with van der Waals surface area (Å²) in [6, 6.07) is 0. The average molecular weight is 200 g/mol. The zero-order chi connectivity index (χ0) is 10.4. The predicted octanol–water partition coefficient (Wildman–Crippen LogP) is 2.14. The fraction of sp³-hybridized carbons (Fsp3) is 0.909. The molecule has 0 radical (unpaired) electrons. The molecule has 1 aliphatic carbocycles. The maximum absolute atomic E-state index is 11.0. The molecular weight excluding hydrogens is 180 g/mol. The third-order valence-corrected chi connectivity index (χ3v) is 2.83. The van der Waals surface area contributed by atoms with E-state index in [4.69, 9.17) is 9.47 Å². The third kappa shape index (κ3) is 3.66. The fourth-order valence-corrected chi connectivity index (χ4v) is 1.97. The maximum Gasteiger partial charge on any atom is 0.332 e. The van der Waals surface area contributed by atoms with Gasteiger partial charge in [0.2, 0.25) is 0 Å². The van der Waals surface area contributed by atoms with E-state index in [1.54, 1.807) is 6.92 Å². The van der Waals surface area contributed by atoms with E-state index in [1.165, 1.54) is 25.7 Å². The Morgan fingerprint density at radius 2 is 2.07 bits per heavy atom. The molecule has 0 unspecified atom stereocenters. The second-order valence-corrected chi connectivity index (χ2v) is 3.87. The predicted molar refractivity (Wildman–Crippen MR) is 54.0 cm³/mol. The van der Waals surface area contributed by atoms with E-state index >= 15 is 0 Å². The first-order valence-electron chi connectivity index (χ1n) is 5.51. The van der Waals surface area contributed by atoms with Gasteiger partial charge in [0.1, 0.15) is 6.61 Å². The number of rotatable bonds is 5. The number of carbonyl (C=O) groups is 1. The van der Waals surface area contributed by atoms with Crippen molar-refractivity contribution >= 4 is 5.97 Å². The van der Waals surface area contributed by atoms with Gasteiger partial charge < -0.3 is 9.47 Å². The summed E-state index contributed by atoms with van der Waals surface area (Å²) in [5.74, 6) is 0.391. The zero-order valence-corrected chi connectivity index (χ0v) is 9.12. The van der Waals surface area contributed by atoms with Crippen molar-refractivity contribution < 1.29 is 14.3 Å². The van der Waals surface area contributed by atoms with Crippen LogP contribution in [0.15, 0.2) is 0 Å². The van der Waals surface area contributed by atoms with Crippen molar-refractivity contribution in [3.63, 3.8) is 0 Å². The van der Waals surface area contributed by atoms with E-state index in [2.05, 4.69) is 6.92 Å². The summed E-state index contributed by atoms with van der Waals surface area (Å²) < 4.78 is 10.3. The molecule has 0 aromatic heterocycles. The first-order chi connectivity index (χ1) is 6.74. The number of esters is 1. The lowest BCUT2D eigenvalue weighted by Gasteiger charge is -2.18. The van der Waals surface area contributed by atoms with Crippen molar-refractivity contribution in [1.82, 2.24) is 0 Å². The lowest BCUT2D eigenvalue weighted by atomic mass is 10.0. The molecule has 0 N–H and O–H groups in total. The van der Waals surface area contributed by atoms with Gasteiger partial charge in [0.25, 0.3) is 0 Å². The third-order valence-electron chi connectivity index (χ3n) is 2.83. The van der Waals surface area contributed by atoms with Crippen molar-refractivity contribution in [3.05, 3.63) is 0 Å². The molecule has 82 valence electrons. The highest BCUT2D eigenvalue weighted by Crippen LogP contribution is 2.28. The largest absolute Gasteiger partial charge is 0.464 e. The van der Waals surface area contributed by atoms with Crippen LogP contribution in [0.25, 0.3) is 0 Å². The van der Waals surface area contributed by atoms with Gasteiger partial charge >= 0.3 is 5.97 Å². The van der Waals surface area contributed by atoms with E-state index in [0.29, 0.717) is 12.5 Å². The lowest BCUT2D eigenvalue weighted by Crippen LogP contribution is -2.23. The zero-order valence-electron chi connectivity index (χ0n) is 9.12. The van der Waals surface area contributed by atoms with E-state index < -0.39 is 0 Å². The Bertz CT molecular complexity index is 173. The summed E-state index contributed by atoms with van der Waals surface area (Å²) in [6.07, 6.45) is 5.28. The van der Waals surface area contributed by atoms with Crippen LogP contribution < -0.4 is 0 Å². The Kier molecular flexibility index (Phi) is 4.94. The molecule has 14 heavy (non-hydrogen) atoms. The molecule has 1 fully saturated rings. The summed E-state index contributed by atoms with van der Waals surface area (Å²) >= 11 is 0. The minimum absolute atomic E-state index is 0.103. The van der Waals surface area contributed by atoms with Crippen molar-refractivity contribution in [2.45, 2.75) is 45.6 Å². The van der Waals surface area contributed by atoms with Crippen LogP contribution in [0, 0.1) is 5.92 Å². The van der Waals surface area contributed by atoms with Crippen LogP contribution in [0.2, 0.25) is 0 Å². The van der Waals surface area contributed by atoms with Crippen LogP contribution in [0.3, 0.4) is 0 Å². The van der Waals surface area contributed by atoms with Crippen LogP contribution in [-0.2, 0) is 14.3 Å². The summed E-state index contributed by atoms with van der Waals surface area (Å²) in [7, 11) is 0. The molecular formula is C11H20O3. The Hall–Kier alpha value is -0.570. The normalized spacial score (nSPS) is 19.6. The quantitative estimate of drug-likeness (QED) is 0.638. The molecule has 3 heteroatoms. The highest BCUT2D eigenvalue weighted by atomic mass is 16.6. The van der Waals surface area contributed by atoms with Gasteiger partial charge in [-0.3, -0.25) is 0 Å². The van der Waals surface area contributed by atoms with Crippen molar-refractivity contribution in [2.75, 3.05) is 13.2 Å². The fourth-order valence-electron chi connectivity index (χ4n) is 1.97. The SMILES string of the molecule is CCOC(=O)CO[C@H](C)C1CCCC1. The van der Waals surface area contributed by atoms with E-state index in [0.717, 1.165) is 0 Å². The second-order valence-electron chi connectivity index (χ2n) is 3.87. The van der Waals surface area contributed by atoms with Gasteiger partial charge in [-0.25, -0.2) is 4.79 Å².